The predicted octanol–water partition coefficient (Wildman–Crippen LogP) is 5.42. The lowest BCUT2D eigenvalue weighted by Gasteiger charge is -2.28. The Bertz CT molecular complexity index is 1090. The first kappa shape index (κ1) is 24.7. The quantitative estimate of drug-likeness (QED) is 0.593. The number of ether oxygens (including phenoxy) is 1. The summed E-state index contributed by atoms with van der Waals surface area (Å²) in [5.74, 6) is 1.20. The zero-order valence-corrected chi connectivity index (χ0v) is 21.4. The van der Waals surface area contributed by atoms with E-state index < -0.39 is 0 Å². The van der Waals surface area contributed by atoms with Crippen molar-refractivity contribution in [2.45, 2.75) is 79.7 Å². The minimum Gasteiger partial charge on any atom is -0.507 e. The van der Waals surface area contributed by atoms with Crippen molar-refractivity contribution in [3.05, 3.63) is 51.3 Å². The Morgan fingerprint density at radius 1 is 1.12 bits per heavy atom. The molecule has 0 atom stereocenters. The fraction of sp³-hybridized carbons (Fsp3) is 0.519. The van der Waals surface area contributed by atoms with Crippen LogP contribution < -0.4 is 4.74 Å². The highest BCUT2D eigenvalue weighted by Gasteiger charge is 2.32. The summed E-state index contributed by atoms with van der Waals surface area (Å²) in [4.78, 5) is 19.8. The van der Waals surface area contributed by atoms with Crippen LogP contribution in [0.25, 0.3) is 0 Å². The lowest BCUT2D eigenvalue weighted by Crippen LogP contribution is -2.31. The third-order valence-electron chi connectivity index (χ3n) is 6.25. The number of ketones is 1. The van der Waals surface area contributed by atoms with Gasteiger partial charge in [-0.25, -0.2) is 4.98 Å². The first-order valence-electron chi connectivity index (χ1n) is 11.5. The van der Waals surface area contributed by atoms with Crippen molar-refractivity contribution in [2.75, 3.05) is 13.2 Å². The number of nitrogens with one attached hydrogen (secondary N) is 1. The normalized spacial score (nSPS) is 14.0. The van der Waals surface area contributed by atoms with E-state index in [-0.39, 0.29) is 34.7 Å². The fourth-order valence-corrected chi connectivity index (χ4v) is 4.38. The zero-order chi connectivity index (χ0) is 24.9. The number of phenolic OH excluding ortho intramolecular Hbond substituents is 1. The maximum atomic E-state index is 13.4. The van der Waals surface area contributed by atoms with Gasteiger partial charge in [0.1, 0.15) is 23.0 Å². The third-order valence-corrected chi connectivity index (χ3v) is 6.25. The Kier molecular flexibility index (Phi) is 6.35. The summed E-state index contributed by atoms with van der Waals surface area (Å²) in [6.45, 7) is 19.1. The minimum absolute atomic E-state index is 0.0790. The number of nitrogens with zero attached hydrogens (tertiary/aromatic N) is 2. The highest BCUT2D eigenvalue weighted by molar-refractivity contribution is 6.05. The molecule has 1 aromatic heterocycles. The largest absolute Gasteiger partial charge is 0.507 e. The summed E-state index contributed by atoms with van der Waals surface area (Å²) >= 11 is 0. The molecule has 0 fully saturated rings. The summed E-state index contributed by atoms with van der Waals surface area (Å²) in [6.07, 6.45) is 0. The number of benzene rings is 1. The summed E-state index contributed by atoms with van der Waals surface area (Å²) in [5.41, 5.74) is 4.75. The molecular weight excluding hydrogens is 414 g/mol. The molecule has 0 saturated carbocycles. The summed E-state index contributed by atoms with van der Waals surface area (Å²) < 4.78 is 5.77. The first-order valence-corrected chi connectivity index (χ1v) is 11.5. The zero-order valence-electron chi connectivity index (χ0n) is 21.4. The topological polar surface area (TPSA) is 86.5 Å². The number of amidine groups is 1. The standard InChI is InChI=1S/C27H37N3O3/c1-10-33-24-15(2)18-13-30(25(28)22(18)29-16(24)3)14-21(31)17-11-19(26(4,5)6)23(32)20(12-17)27(7,8)9/h11-12,28,32H,10,13-14H2,1-9H3. The van der Waals surface area contributed by atoms with Gasteiger partial charge >= 0.3 is 0 Å². The molecule has 0 radical (unpaired) electrons. The van der Waals surface area contributed by atoms with Crippen LogP contribution in [0.3, 0.4) is 0 Å². The monoisotopic (exact) mass is 451 g/mol. The molecule has 2 aromatic rings. The van der Waals surface area contributed by atoms with Crippen molar-refractivity contribution in [1.29, 1.82) is 5.41 Å². The lowest BCUT2D eigenvalue weighted by molar-refractivity contribution is 0.0962. The van der Waals surface area contributed by atoms with Gasteiger partial charge in [0, 0.05) is 34.4 Å². The Labute approximate surface area is 197 Å². The van der Waals surface area contributed by atoms with E-state index in [4.69, 9.17) is 10.1 Å². The van der Waals surface area contributed by atoms with Crippen LogP contribution in [0.1, 0.15) is 92.5 Å². The molecule has 0 bridgehead atoms. The van der Waals surface area contributed by atoms with Gasteiger partial charge in [-0.3, -0.25) is 10.2 Å². The van der Waals surface area contributed by atoms with E-state index in [1.54, 1.807) is 17.0 Å². The average molecular weight is 452 g/mol. The number of carbonyl (C=O) groups is 1. The molecule has 1 aliphatic heterocycles. The van der Waals surface area contributed by atoms with Crippen molar-refractivity contribution in [1.82, 2.24) is 9.88 Å². The van der Waals surface area contributed by atoms with Gasteiger partial charge in [-0.15, -0.1) is 0 Å². The summed E-state index contributed by atoms with van der Waals surface area (Å²) in [6, 6.07) is 3.61. The van der Waals surface area contributed by atoms with Crippen molar-refractivity contribution in [3.63, 3.8) is 0 Å². The smallest absolute Gasteiger partial charge is 0.182 e. The SMILES string of the molecule is CCOc1c(C)nc2c(c1C)CN(CC(=O)c1cc(C(C)(C)C)c(O)c(C(C)(C)C)c1)C2=N. The Morgan fingerprint density at radius 2 is 1.67 bits per heavy atom. The van der Waals surface area contributed by atoms with Crippen molar-refractivity contribution < 1.29 is 14.6 Å². The molecule has 0 unspecified atom stereocenters. The highest BCUT2D eigenvalue weighted by atomic mass is 16.5. The molecule has 2 N–H and O–H groups in total. The molecule has 2 heterocycles. The molecule has 1 aromatic carbocycles. The number of aromatic hydroxyl groups is 1. The molecule has 0 spiro atoms. The molecule has 178 valence electrons. The van der Waals surface area contributed by atoms with Crippen LogP contribution in [0.5, 0.6) is 11.5 Å². The molecule has 6 heteroatoms. The van der Waals surface area contributed by atoms with E-state index in [9.17, 15) is 9.90 Å². The van der Waals surface area contributed by atoms with E-state index in [1.807, 2.05) is 62.3 Å². The van der Waals surface area contributed by atoms with Gasteiger partial charge in [0.05, 0.1) is 18.8 Å². The number of Topliss-reactive ketones (excluding diaryl/α,β-unsaturated/α-hetero) is 1. The number of pyridine rings is 1. The lowest BCUT2D eigenvalue weighted by atomic mass is 9.78. The van der Waals surface area contributed by atoms with Gasteiger partial charge < -0.3 is 14.7 Å². The maximum absolute atomic E-state index is 13.4. The van der Waals surface area contributed by atoms with Gasteiger partial charge in [0.15, 0.2) is 5.78 Å². The number of aromatic nitrogens is 1. The van der Waals surface area contributed by atoms with E-state index in [2.05, 4.69) is 4.98 Å². The maximum Gasteiger partial charge on any atom is 0.182 e. The number of carbonyl (C=O) groups excluding carboxylic acids is 1. The summed E-state index contributed by atoms with van der Waals surface area (Å²) in [7, 11) is 0. The molecule has 3 rings (SSSR count). The van der Waals surface area contributed by atoms with Crippen LogP contribution >= 0.6 is 0 Å². The van der Waals surface area contributed by atoms with Crippen molar-refractivity contribution in [2.24, 2.45) is 0 Å². The Hall–Kier alpha value is -2.89. The number of rotatable bonds is 5. The Balaban J connectivity index is 1.96. The molecule has 0 aliphatic carbocycles. The number of fused-ring (bicyclic) bond motifs is 1. The van der Waals surface area contributed by atoms with Gasteiger partial charge in [-0.2, -0.15) is 0 Å². The Morgan fingerprint density at radius 3 is 2.15 bits per heavy atom. The third kappa shape index (κ3) is 4.61. The molecule has 6 nitrogen and oxygen atoms in total. The second-order valence-electron chi connectivity index (χ2n) is 11.0. The van der Waals surface area contributed by atoms with Crippen LogP contribution in [0.15, 0.2) is 12.1 Å². The van der Waals surface area contributed by atoms with Crippen LogP contribution in [-0.4, -0.2) is 39.8 Å². The van der Waals surface area contributed by atoms with Crippen LogP contribution in [0.4, 0.5) is 0 Å². The van der Waals surface area contributed by atoms with Crippen LogP contribution in [-0.2, 0) is 17.4 Å². The first-order chi connectivity index (χ1) is 15.2. The van der Waals surface area contributed by atoms with Gasteiger partial charge in [0.25, 0.3) is 0 Å². The second kappa shape index (κ2) is 8.47. The van der Waals surface area contributed by atoms with E-state index in [1.165, 1.54) is 0 Å². The number of phenols is 1. The highest BCUT2D eigenvalue weighted by Crippen LogP contribution is 2.40. The van der Waals surface area contributed by atoms with Crippen molar-refractivity contribution in [3.8, 4) is 11.5 Å². The van der Waals surface area contributed by atoms with Gasteiger partial charge in [0.2, 0.25) is 0 Å². The van der Waals surface area contributed by atoms with E-state index >= 15 is 0 Å². The molecule has 33 heavy (non-hydrogen) atoms. The number of aryl methyl sites for hydroxylation is 1. The molecular formula is C27H37N3O3. The van der Waals surface area contributed by atoms with Crippen LogP contribution in [0, 0.1) is 19.3 Å². The summed E-state index contributed by atoms with van der Waals surface area (Å²) in [5, 5.41) is 19.6. The number of hydrogen-bond acceptors (Lipinski definition) is 5. The second-order valence-corrected chi connectivity index (χ2v) is 11.0. The molecule has 1 aliphatic rings. The predicted molar refractivity (Wildman–Crippen MR) is 132 cm³/mol. The van der Waals surface area contributed by atoms with E-state index in [0.29, 0.717) is 24.4 Å². The molecule has 0 saturated heterocycles. The minimum atomic E-state index is -0.314. The van der Waals surface area contributed by atoms with E-state index in [0.717, 1.165) is 33.7 Å². The number of hydrogen-bond donors (Lipinski definition) is 2. The molecule has 0 amide bonds. The fourth-order valence-electron chi connectivity index (χ4n) is 4.38. The average Bonchev–Trinajstić information content (AvgIpc) is 2.99. The van der Waals surface area contributed by atoms with Gasteiger partial charge in [-0.1, -0.05) is 41.5 Å². The van der Waals surface area contributed by atoms with Gasteiger partial charge in [-0.05, 0) is 43.7 Å². The van der Waals surface area contributed by atoms with Crippen LogP contribution in [0.2, 0.25) is 0 Å². The van der Waals surface area contributed by atoms with Crippen molar-refractivity contribution >= 4 is 11.6 Å².